The van der Waals surface area contributed by atoms with E-state index in [2.05, 4.69) is 12.3 Å². The molecular formula is C7H9NO5. The maximum absolute atomic E-state index is 9.78. The molecule has 72 valence electrons. The Balaban J connectivity index is 0. The van der Waals surface area contributed by atoms with Gasteiger partial charge in [-0.25, -0.2) is 9.59 Å². The smallest absolute Gasteiger partial charge is 0.328 e. The summed E-state index contributed by atoms with van der Waals surface area (Å²) in [6.45, 7) is 2.96. The van der Waals surface area contributed by atoms with Crippen molar-refractivity contribution in [2.45, 2.75) is 0 Å². The van der Waals surface area contributed by atoms with E-state index in [1.54, 1.807) is 0 Å². The second-order valence-corrected chi connectivity index (χ2v) is 1.62. The monoisotopic (exact) mass is 187 g/mol. The summed E-state index contributed by atoms with van der Waals surface area (Å²) >= 11 is 0. The lowest BCUT2D eigenvalue weighted by molar-refractivity contribution is -0.132. The first-order chi connectivity index (χ1) is 5.90. The molecule has 0 aliphatic heterocycles. The number of carboxylic acid groups (broad SMARTS) is 2. The van der Waals surface area contributed by atoms with Crippen LogP contribution in [0.15, 0.2) is 24.8 Å². The Bertz CT molecular complexity index is 227. The van der Waals surface area contributed by atoms with Crippen LogP contribution in [0.2, 0.25) is 0 Å². The predicted molar refractivity (Wildman–Crippen MR) is 43.8 cm³/mol. The Morgan fingerprint density at radius 1 is 1.08 bits per heavy atom. The third-order valence-corrected chi connectivity index (χ3v) is 0.565. The topological polar surface area (TPSA) is 118 Å². The van der Waals surface area contributed by atoms with Crippen LogP contribution in [0.4, 0.5) is 0 Å². The van der Waals surface area contributed by atoms with Gasteiger partial charge in [-0.3, -0.25) is 4.79 Å². The standard InChI is InChI=1S/C4H5NO3.C3H4O2/c5-3(6)1-2-4(7)8;1-2-3(4)5/h1-2H,(H2,5,6)(H,7,8);2H,1H2,(H,4,5). The molecule has 0 bridgehead atoms. The van der Waals surface area contributed by atoms with Crippen molar-refractivity contribution in [3.05, 3.63) is 24.8 Å². The SMILES string of the molecule is C=CC(=O)O.NC(=O)C=CC(=O)O. The van der Waals surface area contributed by atoms with Gasteiger partial charge in [-0.05, 0) is 0 Å². The molecule has 0 aromatic rings. The number of carbonyl (C=O) groups is 3. The van der Waals surface area contributed by atoms with Crippen LogP contribution < -0.4 is 5.73 Å². The Labute approximate surface area is 74.0 Å². The molecule has 0 aromatic carbocycles. The van der Waals surface area contributed by atoms with Crippen LogP contribution in [0.1, 0.15) is 0 Å². The Hall–Kier alpha value is -2.11. The normalized spacial score (nSPS) is 8.31. The summed E-state index contributed by atoms with van der Waals surface area (Å²) < 4.78 is 0. The van der Waals surface area contributed by atoms with Crippen molar-refractivity contribution in [2.24, 2.45) is 5.73 Å². The molecule has 0 saturated heterocycles. The predicted octanol–water partition coefficient (Wildman–Crippen LogP) is -0.630. The summed E-state index contributed by atoms with van der Waals surface area (Å²) in [5.74, 6) is -2.92. The first-order valence-corrected chi connectivity index (χ1v) is 2.96. The van der Waals surface area contributed by atoms with Crippen LogP contribution in [0.3, 0.4) is 0 Å². The van der Waals surface area contributed by atoms with Gasteiger partial charge in [0, 0.05) is 18.2 Å². The molecule has 4 N–H and O–H groups in total. The average Bonchev–Trinajstić information content (AvgIpc) is 2.02. The quantitative estimate of drug-likeness (QED) is 0.508. The molecule has 0 rings (SSSR count). The maximum Gasteiger partial charge on any atom is 0.328 e. The van der Waals surface area contributed by atoms with E-state index in [-0.39, 0.29) is 0 Å². The molecule has 0 saturated carbocycles. The third-order valence-electron chi connectivity index (χ3n) is 0.565. The average molecular weight is 187 g/mol. The number of carboxylic acids is 2. The fraction of sp³-hybridized carbons (Fsp3) is 0. The molecule has 13 heavy (non-hydrogen) atoms. The van der Waals surface area contributed by atoms with E-state index in [9.17, 15) is 14.4 Å². The summed E-state index contributed by atoms with van der Waals surface area (Å²) in [5.41, 5.74) is 4.55. The minimum atomic E-state index is -1.18. The second kappa shape index (κ2) is 7.99. The van der Waals surface area contributed by atoms with Crippen LogP contribution in [-0.2, 0) is 14.4 Å². The molecule has 6 heteroatoms. The molecule has 0 spiro atoms. The molecule has 0 radical (unpaired) electrons. The van der Waals surface area contributed by atoms with E-state index in [1.165, 1.54) is 0 Å². The molecule has 0 heterocycles. The minimum absolute atomic E-state index is 0.683. The molecular weight excluding hydrogens is 178 g/mol. The van der Waals surface area contributed by atoms with Crippen LogP contribution in [0, 0.1) is 0 Å². The van der Waals surface area contributed by atoms with Gasteiger partial charge in [-0.2, -0.15) is 0 Å². The zero-order valence-electron chi connectivity index (χ0n) is 6.64. The number of carbonyl (C=O) groups excluding carboxylic acids is 1. The van der Waals surface area contributed by atoms with Crippen molar-refractivity contribution in [1.29, 1.82) is 0 Å². The van der Waals surface area contributed by atoms with E-state index >= 15 is 0 Å². The molecule has 0 unspecified atom stereocenters. The van der Waals surface area contributed by atoms with Gasteiger partial charge in [0.1, 0.15) is 0 Å². The number of primary amides is 1. The molecule has 0 atom stereocenters. The van der Waals surface area contributed by atoms with Gasteiger partial charge in [0.25, 0.3) is 0 Å². The zero-order valence-corrected chi connectivity index (χ0v) is 6.64. The lowest BCUT2D eigenvalue weighted by atomic mass is 10.5. The van der Waals surface area contributed by atoms with Gasteiger partial charge in [-0.1, -0.05) is 6.58 Å². The Morgan fingerprint density at radius 2 is 1.46 bits per heavy atom. The summed E-state index contributed by atoms with van der Waals surface area (Å²) in [6, 6.07) is 0. The van der Waals surface area contributed by atoms with Crippen molar-refractivity contribution in [1.82, 2.24) is 0 Å². The van der Waals surface area contributed by atoms with Crippen molar-refractivity contribution in [2.75, 3.05) is 0 Å². The first kappa shape index (κ1) is 13.5. The fourth-order valence-electron chi connectivity index (χ4n) is 0.153. The minimum Gasteiger partial charge on any atom is -0.478 e. The second-order valence-electron chi connectivity index (χ2n) is 1.62. The van der Waals surface area contributed by atoms with E-state index in [4.69, 9.17) is 10.2 Å². The van der Waals surface area contributed by atoms with Crippen LogP contribution in [0.5, 0.6) is 0 Å². The highest BCUT2D eigenvalue weighted by Gasteiger charge is 1.86. The van der Waals surface area contributed by atoms with Crippen molar-refractivity contribution < 1.29 is 24.6 Å². The highest BCUT2D eigenvalue weighted by Crippen LogP contribution is 1.68. The van der Waals surface area contributed by atoms with E-state index < -0.39 is 17.8 Å². The molecule has 0 aromatic heterocycles. The highest BCUT2D eigenvalue weighted by molar-refractivity contribution is 5.92. The van der Waals surface area contributed by atoms with Gasteiger partial charge in [-0.15, -0.1) is 0 Å². The van der Waals surface area contributed by atoms with Gasteiger partial charge >= 0.3 is 11.9 Å². The van der Waals surface area contributed by atoms with Gasteiger partial charge in [0.2, 0.25) is 5.91 Å². The Morgan fingerprint density at radius 3 is 1.54 bits per heavy atom. The number of nitrogens with two attached hydrogens (primary N) is 1. The zero-order chi connectivity index (χ0) is 10.9. The van der Waals surface area contributed by atoms with Gasteiger partial charge in [0.15, 0.2) is 0 Å². The number of rotatable bonds is 3. The number of hydrogen-bond acceptors (Lipinski definition) is 3. The molecule has 0 fully saturated rings. The van der Waals surface area contributed by atoms with Crippen molar-refractivity contribution in [3.63, 3.8) is 0 Å². The highest BCUT2D eigenvalue weighted by atomic mass is 16.4. The van der Waals surface area contributed by atoms with Crippen molar-refractivity contribution in [3.8, 4) is 0 Å². The van der Waals surface area contributed by atoms with E-state index in [1.807, 2.05) is 0 Å². The number of aliphatic carboxylic acids is 2. The molecule has 0 aliphatic rings. The maximum atomic E-state index is 9.78. The van der Waals surface area contributed by atoms with E-state index in [0.717, 1.165) is 12.2 Å². The largest absolute Gasteiger partial charge is 0.478 e. The van der Waals surface area contributed by atoms with Crippen LogP contribution >= 0.6 is 0 Å². The van der Waals surface area contributed by atoms with Crippen molar-refractivity contribution >= 4 is 17.8 Å². The summed E-state index contributed by atoms with van der Waals surface area (Å²) in [6.07, 6.45) is 2.30. The summed E-state index contributed by atoms with van der Waals surface area (Å²) in [5, 5.41) is 15.5. The van der Waals surface area contributed by atoms with Crippen LogP contribution in [0.25, 0.3) is 0 Å². The lowest BCUT2D eigenvalue weighted by Crippen LogP contribution is -2.06. The van der Waals surface area contributed by atoms with Crippen LogP contribution in [-0.4, -0.2) is 28.1 Å². The van der Waals surface area contributed by atoms with Gasteiger partial charge in [0.05, 0.1) is 0 Å². The lowest BCUT2D eigenvalue weighted by Gasteiger charge is -1.75. The first-order valence-electron chi connectivity index (χ1n) is 2.96. The molecule has 6 nitrogen and oxygen atoms in total. The number of hydrogen-bond donors (Lipinski definition) is 3. The summed E-state index contributed by atoms with van der Waals surface area (Å²) in [4.78, 5) is 28.6. The number of amides is 1. The Kier molecular flexibility index (Phi) is 8.28. The summed E-state index contributed by atoms with van der Waals surface area (Å²) in [7, 11) is 0. The molecule has 0 aliphatic carbocycles. The fourth-order valence-corrected chi connectivity index (χ4v) is 0.153. The van der Waals surface area contributed by atoms with E-state index in [0.29, 0.717) is 6.08 Å². The third kappa shape index (κ3) is 25.7. The van der Waals surface area contributed by atoms with Gasteiger partial charge < -0.3 is 15.9 Å². The molecule has 1 amide bonds.